The Kier molecular flexibility index (Phi) is 5.96. The number of hydrogen-bond acceptors (Lipinski definition) is 6. The lowest BCUT2D eigenvalue weighted by atomic mass is 10.3. The molecule has 25 heavy (non-hydrogen) atoms. The highest BCUT2D eigenvalue weighted by atomic mass is 35.5. The number of nitrogens with zero attached hydrogens (tertiary/aromatic N) is 2. The van der Waals surface area contributed by atoms with Crippen LogP contribution >= 0.6 is 46.9 Å². The van der Waals surface area contributed by atoms with Gasteiger partial charge in [0.2, 0.25) is 0 Å². The summed E-state index contributed by atoms with van der Waals surface area (Å²) in [5.74, 6) is 0.430. The maximum atomic E-state index is 12.3. The van der Waals surface area contributed by atoms with Crippen molar-refractivity contribution in [3.63, 3.8) is 0 Å². The number of para-hydroxylation sites is 1. The summed E-state index contributed by atoms with van der Waals surface area (Å²) in [4.78, 5) is 0.278. The number of halogens is 1. The number of aromatic nitrogens is 2. The SMILES string of the molecule is O=S(=O)(CCSc1nn(-c2ccccc2)c(=S)s1)c1ccc(Cl)cc1. The van der Waals surface area contributed by atoms with Crippen LogP contribution in [0.5, 0.6) is 0 Å². The molecule has 2 aromatic carbocycles. The second-order valence-corrected chi connectivity index (χ2v) is 10.5. The number of sulfone groups is 1. The van der Waals surface area contributed by atoms with Crippen molar-refractivity contribution in [1.29, 1.82) is 0 Å². The van der Waals surface area contributed by atoms with Gasteiger partial charge in [0.15, 0.2) is 18.1 Å². The minimum Gasteiger partial charge on any atom is -0.224 e. The smallest absolute Gasteiger partial charge is 0.184 e. The van der Waals surface area contributed by atoms with Gasteiger partial charge in [0, 0.05) is 10.8 Å². The third-order valence-corrected chi connectivity index (χ3v) is 7.89. The predicted octanol–water partition coefficient (Wildman–Crippen LogP) is 4.88. The molecule has 0 N–H and O–H groups in total. The Morgan fingerprint density at radius 1 is 1.12 bits per heavy atom. The minimum absolute atomic E-state index is 0.0248. The Morgan fingerprint density at radius 2 is 1.80 bits per heavy atom. The summed E-state index contributed by atoms with van der Waals surface area (Å²) in [6, 6.07) is 15.8. The number of thioether (sulfide) groups is 1. The molecule has 1 heterocycles. The zero-order valence-electron chi connectivity index (χ0n) is 12.8. The molecule has 0 radical (unpaired) electrons. The van der Waals surface area contributed by atoms with Crippen molar-refractivity contribution >= 4 is 56.8 Å². The quantitative estimate of drug-likeness (QED) is 0.413. The molecule has 0 aliphatic heterocycles. The molecule has 0 bridgehead atoms. The maximum absolute atomic E-state index is 12.3. The van der Waals surface area contributed by atoms with E-state index in [4.69, 9.17) is 23.8 Å². The molecule has 130 valence electrons. The van der Waals surface area contributed by atoms with Gasteiger partial charge < -0.3 is 0 Å². The Morgan fingerprint density at radius 3 is 2.48 bits per heavy atom. The van der Waals surface area contributed by atoms with E-state index in [1.54, 1.807) is 16.8 Å². The standard InChI is InChI=1S/C16H13ClN2O2S4/c17-12-6-8-14(9-7-12)25(20,21)11-10-23-15-18-19(16(22)24-15)13-4-2-1-3-5-13/h1-9H,10-11H2. The van der Waals surface area contributed by atoms with Gasteiger partial charge in [-0.05, 0) is 48.6 Å². The van der Waals surface area contributed by atoms with E-state index in [0.717, 1.165) is 10.0 Å². The molecule has 0 saturated carbocycles. The molecular weight excluding hydrogens is 416 g/mol. The second-order valence-electron chi connectivity index (χ2n) is 5.00. The second kappa shape index (κ2) is 8.01. The summed E-state index contributed by atoms with van der Waals surface area (Å²) < 4.78 is 27.7. The van der Waals surface area contributed by atoms with Gasteiger partial charge in [0.1, 0.15) is 0 Å². The summed E-state index contributed by atoms with van der Waals surface area (Å²) >= 11 is 13.9. The highest BCUT2D eigenvalue weighted by Crippen LogP contribution is 2.25. The molecule has 3 rings (SSSR count). The molecule has 0 unspecified atom stereocenters. The van der Waals surface area contributed by atoms with E-state index in [-0.39, 0.29) is 10.6 Å². The maximum Gasteiger partial charge on any atom is 0.184 e. The van der Waals surface area contributed by atoms with Crippen LogP contribution in [0.4, 0.5) is 0 Å². The summed E-state index contributed by atoms with van der Waals surface area (Å²) in [6.07, 6.45) is 0. The van der Waals surface area contributed by atoms with Crippen molar-refractivity contribution in [2.75, 3.05) is 11.5 Å². The lowest BCUT2D eigenvalue weighted by molar-refractivity contribution is 0.597. The van der Waals surface area contributed by atoms with Crippen LogP contribution in [0.15, 0.2) is 63.8 Å². The lowest BCUT2D eigenvalue weighted by Gasteiger charge is -2.03. The van der Waals surface area contributed by atoms with Crippen LogP contribution in [0, 0.1) is 3.95 Å². The van der Waals surface area contributed by atoms with Crippen LogP contribution in [0.1, 0.15) is 0 Å². The fraction of sp³-hybridized carbons (Fsp3) is 0.125. The molecule has 0 aliphatic rings. The first-order valence-electron chi connectivity index (χ1n) is 7.22. The third kappa shape index (κ3) is 4.71. The first-order valence-corrected chi connectivity index (χ1v) is 11.5. The molecule has 3 aromatic rings. The first-order chi connectivity index (χ1) is 12.0. The summed E-state index contributed by atoms with van der Waals surface area (Å²) in [5.41, 5.74) is 0.893. The van der Waals surface area contributed by atoms with E-state index in [9.17, 15) is 8.42 Å². The van der Waals surface area contributed by atoms with Gasteiger partial charge in [-0.1, -0.05) is 52.9 Å². The lowest BCUT2D eigenvalue weighted by Crippen LogP contribution is -2.08. The van der Waals surface area contributed by atoms with E-state index in [1.807, 2.05) is 30.3 Å². The van der Waals surface area contributed by atoms with Crippen molar-refractivity contribution in [3.05, 3.63) is 63.6 Å². The number of benzene rings is 2. The molecule has 9 heteroatoms. The van der Waals surface area contributed by atoms with Crippen molar-refractivity contribution in [3.8, 4) is 5.69 Å². The predicted molar refractivity (Wildman–Crippen MR) is 107 cm³/mol. The normalized spacial score (nSPS) is 11.6. The third-order valence-electron chi connectivity index (χ3n) is 3.28. The van der Waals surface area contributed by atoms with E-state index >= 15 is 0 Å². The van der Waals surface area contributed by atoms with E-state index in [0.29, 0.717) is 14.7 Å². The molecule has 0 amide bonds. The van der Waals surface area contributed by atoms with Crippen LogP contribution in [0.25, 0.3) is 5.69 Å². The Hall–Kier alpha value is -1.19. The molecule has 0 aliphatic carbocycles. The average molecular weight is 429 g/mol. The van der Waals surface area contributed by atoms with Crippen molar-refractivity contribution in [2.24, 2.45) is 0 Å². The zero-order chi connectivity index (χ0) is 17.9. The van der Waals surface area contributed by atoms with E-state index in [2.05, 4.69) is 5.10 Å². The topological polar surface area (TPSA) is 52.0 Å². The van der Waals surface area contributed by atoms with Gasteiger partial charge in [-0.25, -0.2) is 13.1 Å². The van der Waals surface area contributed by atoms with Gasteiger partial charge >= 0.3 is 0 Å². The zero-order valence-corrected chi connectivity index (χ0v) is 16.9. The largest absolute Gasteiger partial charge is 0.224 e. The van der Waals surface area contributed by atoms with Gasteiger partial charge in [0.25, 0.3) is 0 Å². The van der Waals surface area contributed by atoms with Crippen molar-refractivity contribution in [1.82, 2.24) is 9.78 Å². The average Bonchev–Trinajstić information content (AvgIpc) is 2.96. The molecule has 0 saturated heterocycles. The molecule has 0 atom stereocenters. The first kappa shape index (κ1) is 18.6. The Bertz CT molecular complexity index is 1010. The Balaban J connectivity index is 1.67. The summed E-state index contributed by atoms with van der Waals surface area (Å²) in [7, 11) is -3.34. The Labute approximate surface area is 164 Å². The number of hydrogen-bond donors (Lipinski definition) is 0. The van der Waals surface area contributed by atoms with Crippen LogP contribution in [0.3, 0.4) is 0 Å². The summed E-state index contributed by atoms with van der Waals surface area (Å²) in [5, 5.41) is 4.98. The summed E-state index contributed by atoms with van der Waals surface area (Å²) in [6.45, 7) is 0. The van der Waals surface area contributed by atoms with E-state index in [1.165, 1.54) is 35.2 Å². The molecule has 0 spiro atoms. The highest BCUT2D eigenvalue weighted by molar-refractivity contribution is 8.02. The van der Waals surface area contributed by atoms with Crippen LogP contribution < -0.4 is 0 Å². The van der Waals surface area contributed by atoms with E-state index < -0.39 is 9.84 Å². The van der Waals surface area contributed by atoms with Gasteiger partial charge in [-0.2, -0.15) is 0 Å². The fourth-order valence-electron chi connectivity index (χ4n) is 2.05. The van der Waals surface area contributed by atoms with Crippen molar-refractivity contribution in [2.45, 2.75) is 9.24 Å². The molecule has 4 nitrogen and oxygen atoms in total. The van der Waals surface area contributed by atoms with Crippen LogP contribution in [-0.4, -0.2) is 29.7 Å². The van der Waals surface area contributed by atoms with Gasteiger partial charge in [0.05, 0.1) is 16.3 Å². The molecule has 1 aromatic heterocycles. The fourth-order valence-corrected chi connectivity index (χ4v) is 6.26. The van der Waals surface area contributed by atoms with Gasteiger partial charge in [-0.15, -0.1) is 5.10 Å². The number of rotatable bonds is 6. The van der Waals surface area contributed by atoms with Crippen LogP contribution in [-0.2, 0) is 9.84 Å². The minimum atomic E-state index is -3.34. The highest BCUT2D eigenvalue weighted by Gasteiger charge is 2.15. The monoisotopic (exact) mass is 428 g/mol. The van der Waals surface area contributed by atoms with Crippen LogP contribution in [0.2, 0.25) is 5.02 Å². The van der Waals surface area contributed by atoms with Gasteiger partial charge in [-0.3, -0.25) is 0 Å². The molecular formula is C16H13ClN2O2S4. The van der Waals surface area contributed by atoms with Crippen molar-refractivity contribution < 1.29 is 8.42 Å². The molecule has 0 fully saturated rings.